The first-order valence-corrected chi connectivity index (χ1v) is 14.1. The minimum absolute atomic E-state index is 0.0189. The number of esters is 1. The summed E-state index contributed by atoms with van der Waals surface area (Å²) in [5.74, 6) is -2.88. The number of fused-ring (bicyclic) bond motifs is 3. The van der Waals surface area contributed by atoms with E-state index in [-0.39, 0.29) is 44.8 Å². The molecule has 0 saturated carbocycles. The number of unbranched alkanes of at least 4 members (excludes halogenated alkanes) is 1. The van der Waals surface area contributed by atoms with E-state index in [2.05, 4.69) is 10.3 Å². The van der Waals surface area contributed by atoms with Crippen LogP contribution in [0.1, 0.15) is 39.0 Å². The quantitative estimate of drug-likeness (QED) is 0.328. The summed E-state index contributed by atoms with van der Waals surface area (Å²) in [6, 6.07) is 6.55. The van der Waals surface area contributed by atoms with Crippen LogP contribution in [0, 0.1) is 11.8 Å². The number of benzene rings is 1. The minimum atomic E-state index is -1.34. The van der Waals surface area contributed by atoms with Gasteiger partial charge in [0, 0.05) is 19.7 Å². The van der Waals surface area contributed by atoms with Gasteiger partial charge in [0.15, 0.2) is 0 Å². The van der Waals surface area contributed by atoms with Crippen molar-refractivity contribution in [3.8, 4) is 0 Å². The molecule has 5 heterocycles. The van der Waals surface area contributed by atoms with Gasteiger partial charge in [0.05, 0.1) is 23.6 Å². The Bertz CT molecular complexity index is 1370. The number of aliphatic hydroxyl groups excluding tert-OH is 1. The molecule has 40 heavy (non-hydrogen) atoms. The zero-order valence-corrected chi connectivity index (χ0v) is 22.6. The van der Waals surface area contributed by atoms with Crippen molar-refractivity contribution >= 4 is 28.8 Å². The van der Waals surface area contributed by atoms with Crippen LogP contribution < -0.4 is 0 Å². The molecule has 1 aromatic carbocycles. The summed E-state index contributed by atoms with van der Waals surface area (Å²) in [5, 5.41) is 17.9. The van der Waals surface area contributed by atoms with Gasteiger partial charge in [-0.15, -0.1) is 5.10 Å². The summed E-state index contributed by atoms with van der Waals surface area (Å²) in [7, 11) is 0. The predicted octanol–water partition coefficient (Wildman–Crippen LogP) is 1.81. The molecule has 2 aromatic rings. The van der Waals surface area contributed by atoms with Gasteiger partial charge in [-0.2, -0.15) is 0 Å². The van der Waals surface area contributed by atoms with Crippen LogP contribution in [-0.2, 0) is 30.5 Å². The summed E-state index contributed by atoms with van der Waals surface area (Å²) in [6.07, 6.45) is 11.0. The Morgan fingerprint density at radius 3 is 2.75 bits per heavy atom. The molecule has 212 valence electrons. The fourth-order valence-electron chi connectivity index (χ4n) is 6.79. The first kappa shape index (κ1) is 26.6. The number of hydrogen-bond donors (Lipinski definition) is 1. The van der Waals surface area contributed by atoms with E-state index in [0.29, 0.717) is 12.8 Å². The molecule has 0 bridgehead atoms. The summed E-state index contributed by atoms with van der Waals surface area (Å²) >= 11 is 0. The lowest BCUT2D eigenvalue weighted by Gasteiger charge is -2.37. The molecule has 1 N–H and O–H groups in total. The van der Waals surface area contributed by atoms with Gasteiger partial charge in [0.2, 0.25) is 5.91 Å². The van der Waals surface area contributed by atoms with Crippen LogP contribution in [0.4, 0.5) is 0 Å². The van der Waals surface area contributed by atoms with E-state index < -0.39 is 35.0 Å². The van der Waals surface area contributed by atoms with Gasteiger partial charge in [-0.1, -0.05) is 41.7 Å². The number of ether oxygens (including phenoxy) is 2. The van der Waals surface area contributed by atoms with Gasteiger partial charge in [0.25, 0.3) is 5.91 Å². The Kier molecular flexibility index (Phi) is 6.95. The molecule has 2 saturated heterocycles. The molecule has 11 nitrogen and oxygen atoms in total. The Hall–Kier alpha value is -3.57. The number of likely N-dealkylation sites (tertiary alicyclic amines) is 1. The molecule has 2 fully saturated rings. The minimum Gasteiger partial charge on any atom is -0.465 e. The van der Waals surface area contributed by atoms with Crippen molar-refractivity contribution in [2.45, 2.75) is 62.9 Å². The normalized spacial score (nSPS) is 33.0. The molecule has 1 aromatic heterocycles. The van der Waals surface area contributed by atoms with E-state index in [0.717, 1.165) is 30.3 Å². The Balaban J connectivity index is 1.41. The summed E-state index contributed by atoms with van der Waals surface area (Å²) in [5.41, 5.74) is -0.948. The molecular weight excluding hydrogens is 514 g/mol. The van der Waals surface area contributed by atoms with Gasteiger partial charge in [0.1, 0.15) is 29.7 Å². The largest absolute Gasteiger partial charge is 0.465 e. The predicted molar refractivity (Wildman–Crippen MR) is 143 cm³/mol. The molecule has 11 heteroatoms. The molecular formula is C29H35N5O6. The Labute approximate surface area is 232 Å². The average molecular weight is 550 g/mol. The third kappa shape index (κ3) is 4.23. The molecule has 4 aliphatic rings. The number of carbonyl (C=O) groups excluding carboxylic acids is 3. The maximum atomic E-state index is 14.4. The Morgan fingerprint density at radius 2 is 1.90 bits per heavy atom. The van der Waals surface area contributed by atoms with Crippen molar-refractivity contribution < 1.29 is 29.0 Å². The number of nitrogens with zero attached hydrogens (tertiary/aromatic N) is 5. The molecule has 1 spiro atoms. The topological polar surface area (TPSA) is 127 Å². The smallest absolute Gasteiger partial charge is 0.313 e. The van der Waals surface area contributed by atoms with Gasteiger partial charge in [-0.05, 0) is 51.2 Å². The summed E-state index contributed by atoms with van der Waals surface area (Å²) in [6.45, 7) is 2.76. The van der Waals surface area contributed by atoms with E-state index in [4.69, 9.17) is 9.47 Å². The van der Waals surface area contributed by atoms with Crippen molar-refractivity contribution in [3.63, 3.8) is 0 Å². The first-order chi connectivity index (χ1) is 19.4. The SMILES string of the molecule is C[C@@]12/C=C\CCCCOC(=O)[C@@H]1[C@H]1C(=O)N(CCCCO)C3C(=O)N(Cn4nnc5ccccc54)CC=C[C@@]31O2. The fraction of sp³-hybridized carbons (Fsp3) is 0.552. The lowest BCUT2D eigenvalue weighted by molar-refractivity contribution is -0.160. The van der Waals surface area contributed by atoms with E-state index >= 15 is 0 Å². The average Bonchev–Trinajstić information content (AvgIpc) is 3.50. The number of rotatable bonds is 6. The fourth-order valence-corrected chi connectivity index (χ4v) is 6.79. The highest BCUT2D eigenvalue weighted by atomic mass is 16.6. The lowest BCUT2D eigenvalue weighted by Crippen LogP contribution is -2.56. The van der Waals surface area contributed by atoms with Crippen molar-refractivity contribution in [2.75, 3.05) is 26.3 Å². The van der Waals surface area contributed by atoms with Crippen molar-refractivity contribution in [3.05, 3.63) is 48.6 Å². The molecule has 4 aliphatic heterocycles. The summed E-state index contributed by atoms with van der Waals surface area (Å²) < 4.78 is 14.1. The van der Waals surface area contributed by atoms with Gasteiger partial charge in [-0.3, -0.25) is 14.4 Å². The number of aliphatic hydroxyl groups is 1. The highest BCUT2D eigenvalue weighted by Crippen LogP contribution is 2.57. The third-order valence-corrected chi connectivity index (χ3v) is 8.62. The first-order valence-electron chi connectivity index (χ1n) is 14.1. The van der Waals surface area contributed by atoms with Crippen LogP contribution in [-0.4, -0.2) is 91.2 Å². The van der Waals surface area contributed by atoms with Crippen LogP contribution in [0.15, 0.2) is 48.6 Å². The number of cyclic esters (lactones) is 1. The van der Waals surface area contributed by atoms with Crippen LogP contribution in [0.3, 0.4) is 0 Å². The van der Waals surface area contributed by atoms with Crippen molar-refractivity contribution in [2.24, 2.45) is 11.8 Å². The molecule has 2 amide bonds. The van der Waals surface area contributed by atoms with Gasteiger partial charge in [-0.25, -0.2) is 4.68 Å². The third-order valence-electron chi connectivity index (χ3n) is 8.62. The van der Waals surface area contributed by atoms with Crippen LogP contribution >= 0.6 is 0 Å². The maximum Gasteiger partial charge on any atom is 0.313 e. The number of allylic oxidation sites excluding steroid dienone is 1. The van der Waals surface area contributed by atoms with E-state index in [1.807, 2.05) is 55.5 Å². The number of amides is 2. The van der Waals surface area contributed by atoms with E-state index in [1.54, 1.807) is 14.5 Å². The van der Waals surface area contributed by atoms with E-state index in [9.17, 15) is 19.5 Å². The van der Waals surface area contributed by atoms with E-state index in [1.165, 1.54) is 0 Å². The molecule has 5 atom stereocenters. The standard InChI is InChI=1S/C29H35N5O6/c1-28-13-6-2-3-9-18-39-27(38)23(28)22-25(36)33(16-7-8-17-35)24-26(37)32(15-10-14-29(22,24)40-28)19-34-21-12-5-4-11-20(21)30-31-34/h4-6,10-14,22-24,35H,2-3,7-9,15-19H2,1H3/b13-6-/t22-,23-,24?,28+,29-/m0/s1. The summed E-state index contributed by atoms with van der Waals surface area (Å²) in [4.78, 5) is 45.4. The highest BCUT2D eigenvalue weighted by Gasteiger charge is 2.74. The zero-order chi connectivity index (χ0) is 27.9. The number of hydrogen-bond acceptors (Lipinski definition) is 8. The second-order valence-corrected chi connectivity index (χ2v) is 11.2. The monoisotopic (exact) mass is 549 g/mol. The lowest BCUT2D eigenvalue weighted by atomic mass is 9.74. The van der Waals surface area contributed by atoms with Crippen LogP contribution in [0.25, 0.3) is 11.0 Å². The maximum absolute atomic E-state index is 14.4. The number of carbonyl (C=O) groups is 3. The van der Waals surface area contributed by atoms with Crippen LogP contribution in [0.2, 0.25) is 0 Å². The zero-order valence-electron chi connectivity index (χ0n) is 22.6. The molecule has 0 radical (unpaired) electrons. The van der Waals surface area contributed by atoms with Crippen molar-refractivity contribution in [1.82, 2.24) is 24.8 Å². The van der Waals surface area contributed by atoms with Gasteiger partial charge >= 0.3 is 5.97 Å². The number of aromatic nitrogens is 3. The van der Waals surface area contributed by atoms with Gasteiger partial charge < -0.3 is 24.4 Å². The highest BCUT2D eigenvalue weighted by molar-refractivity contribution is 5.99. The molecule has 1 unspecified atom stereocenters. The Morgan fingerprint density at radius 1 is 1.05 bits per heavy atom. The molecule has 0 aliphatic carbocycles. The number of para-hydroxylation sites is 1. The van der Waals surface area contributed by atoms with Crippen LogP contribution in [0.5, 0.6) is 0 Å². The second kappa shape index (κ2) is 10.4. The second-order valence-electron chi connectivity index (χ2n) is 11.2. The molecule has 6 rings (SSSR count). The van der Waals surface area contributed by atoms with Crippen molar-refractivity contribution in [1.29, 1.82) is 0 Å².